The van der Waals surface area contributed by atoms with Gasteiger partial charge in [-0.15, -0.1) is 0 Å². The first kappa shape index (κ1) is 46.3. The fraction of sp³-hybridized carbons (Fsp3) is 0.348. The molecule has 0 bridgehead atoms. The van der Waals surface area contributed by atoms with Gasteiger partial charge in [-0.25, -0.2) is 4.39 Å². The minimum atomic E-state index is -1.19. The van der Waals surface area contributed by atoms with Crippen LogP contribution in [0.3, 0.4) is 0 Å². The largest absolute Gasteiger partial charge is 0.497 e. The number of amides is 5. The molecule has 4 aromatic rings. The molecular formula is C46H54FN7O8. The van der Waals surface area contributed by atoms with E-state index in [0.717, 1.165) is 18.7 Å². The van der Waals surface area contributed by atoms with Crippen molar-refractivity contribution < 1.29 is 43.0 Å². The second-order valence-corrected chi connectivity index (χ2v) is 14.9. The Labute approximate surface area is 360 Å². The lowest BCUT2D eigenvalue weighted by Crippen LogP contribution is -2.44. The van der Waals surface area contributed by atoms with Gasteiger partial charge in [0.2, 0.25) is 17.7 Å². The number of ether oxygens (including phenoxy) is 1. The quantitative estimate of drug-likeness (QED) is 0.0600. The number of rotatable bonds is 21. The van der Waals surface area contributed by atoms with Gasteiger partial charge in [-0.1, -0.05) is 38.1 Å². The highest BCUT2D eigenvalue weighted by Crippen LogP contribution is 2.40. The highest BCUT2D eigenvalue weighted by molar-refractivity contribution is 6.35. The van der Waals surface area contributed by atoms with Crippen LogP contribution in [0, 0.1) is 19.7 Å². The topological polar surface area (TPSA) is 202 Å². The highest BCUT2D eigenvalue weighted by atomic mass is 19.1. The Hall–Kier alpha value is -6.81. The second-order valence-electron chi connectivity index (χ2n) is 14.9. The first-order chi connectivity index (χ1) is 29.7. The van der Waals surface area contributed by atoms with Crippen LogP contribution in [0.2, 0.25) is 0 Å². The van der Waals surface area contributed by atoms with Crippen LogP contribution in [0.15, 0.2) is 66.7 Å². The van der Waals surface area contributed by atoms with E-state index in [0.29, 0.717) is 63.9 Å². The molecule has 0 radical (unpaired) electrons. The lowest BCUT2D eigenvalue weighted by Gasteiger charge is -2.19. The maximum Gasteiger partial charge on any atom is 0.303 e. The van der Waals surface area contributed by atoms with E-state index in [4.69, 9.17) is 4.74 Å². The number of likely N-dealkylation sites (N-methyl/N-ethyl adjacent to an activating group) is 1. The van der Waals surface area contributed by atoms with Crippen molar-refractivity contribution >= 4 is 58.5 Å². The Bertz CT molecular complexity index is 2300. The average Bonchev–Trinajstić information content (AvgIpc) is 3.68. The number of fused-ring (bicyclic) bond motifs is 1. The summed E-state index contributed by atoms with van der Waals surface area (Å²) in [5, 5.41) is 20.3. The molecule has 1 aliphatic heterocycles. The molecule has 0 spiro atoms. The molecule has 3 aromatic carbocycles. The SMILES string of the molecule is CCN(CC)CCNC(=O)c1c(C)[nH]c(/C=C2\C(=O)N(Cc3ccc(NC(=O)C(CCC(=O)O)NC(=O)CCC(=O)NCc4ccc(OC)cc4)cc3)c3ccc(F)cc32)c1C. The van der Waals surface area contributed by atoms with Gasteiger partial charge in [-0.3, -0.25) is 28.8 Å². The van der Waals surface area contributed by atoms with Crippen LogP contribution < -0.4 is 30.9 Å². The van der Waals surface area contributed by atoms with Crippen molar-refractivity contribution in [3.05, 3.63) is 112 Å². The molecule has 6 N–H and O–H groups in total. The van der Waals surface area contributed by atoms with Crippen molar-refractivity contribution in [2.24, 2.45) is 0 Å². The average molecular weight is 852 g/mol. The van der Waals surface area contributed by atoms with Crippen molar-refractivity contribution in [1.29, 1.82) is 0 Å². The van der Waals surface area contributed by atoms with Gasteiger partial charge in [-0.05, 0) is 98.6 Å². The summed E-state index contributed by atoms with van der Waals surface area (Å²) in [6, 6.07) is 16.7. The number of carbonyl (C=O) groups is 6. The molecule has 62 heavy (non-hydrogen) atoms. The molecule has 5 amide bonds. The van der Waals surface area contributed by atoms with E-state index < -0.39 is 29.6 Å². The summed E-state index contributed by atoms with van der Waals surface area (Å²) < 4.78 is 19.8. The van der Waals surface area contributed by atoms with Crippen LogP contribution in [-0.4, -0.2) is 89.8 Å². The van der Waals surface area contributed by atoms with Crippen molar-refractivity contribution in [2.75, 3.05) is 43.5 Å². The van der Waals surface area contributed by atoms with E-state index in [-0.39, 0.29) is 62.1 Å². The molecule has 0 aliphatic carbocycles. The number of aryl methyl sites for hydroxylation is 1. The molecule has 0 saturated carbocycles. The van der Waals surface area contributed by atoms with E-state index in [2.05, 4.69) is 45.0 Å². The van der Waals surface area contributed by atoms with E-state index >= 15 is 0 Å². The smallest absolute Gasteiger partial charge is 0.303 e. The zero-order valence-corrected chi connectivity index (χ0v) is 35.7. The molecule has 0 saturated heterocycles. The van der Waals surface area contributed by atoms with Gasteiger partial charge >= 0.3 is 5.97 Å². The number of methoxy groups -OCH3 is 1. The van der Waals surface area contributed by atoms with Crippen molar-refractivity contribution in [2.45, 2.75) is 72.5 Å². The Morgan fingerprint density at radius 3 is 2.24 bits per heavy atom. The summed E-state index contributed by atoms with van der Waals surface area (Å²) in [7, 11) is 1.55. The van der Waals surface area contributed by atoms with Gasteiger partial charge in [0.1, 0.15) is 17.6 Å². The molecule has 0 fully saturated rings. The first-order valence-corrected chi connectivity index (χ1v) is 20.5. The number of nitrogens with one attached hydrogen (secondary N) is 5. The Morgan fingerprint density at radius 1 is 0.903 bits per heavy atom. The van der Waals surface area contributed by atoms with Crippen LogP contribution in [0.25, 0.3) is 11.6 Å². The molecule has 16 heteroatoms. The lowest BCUT2D eigenvalue weighted by atomic mass is 10.0. The summed E-state index contributed by atoms with van der Waals surface area (Å²) in [5.41, 5.74) is 5.38. The van der Waals surface area contributed by atoms with Crippen LogP contribution in [-0.2, 0) is 37.1 Å². The number of benzene rings is 3. The third-order valence-electron chi connectivity index (χ3n) is 10.7. The van der Waals surface area contributed by atoms with E-state index in [9.17, 15) is 38.3 Å². The predicted octanol–water partition coefficient (Wildman–Crippen LogP) is 5.32. The number of aliphatic carboxylic acids is 1. The number of aromatic amines is 1. The Kier molecular flexibility index (Phi) is 16.1. The normalized spacial score (nSPS) is 13.2. The van der Waals surface area contributed by atoms with Crippen molar-refractivity contribution in [3.8, 4) is 5.75 Å². The summed E-state index contributed by atoms with van der Waals surface area (Å²) in [6.45, 7) is 11.0. The number of nitrogens with zero attached hydrogens (tertiary/aromatic N) is 2. The van der Waals surface area contributed by atoms with Gasteiger partial charge in [0.25, 0.3) is 11.8 Å². The molecule has 1 aliphatic rings. The van der Waals surface area contributed by atoms with Crippen molar-refractivity contribution in [3.63, 3.8) is 0 Å². The number of aromatic nitrogens is 1. The zero-order valence-electron chi connectivity index (χ0n) is 35.7. The van der Waals surface area contributed by atoms with E-state index in [1.165, 1.54) is 17.0 Å². The van der Waals surface area contributed by atoms with Gasteiger partial charge < -0.3 is 45.9 Å². The summed E-state index contributed by atoms with van der Waals surface area (Å²) >= 11 is 0. The van der Waals surface area contributed by atoms with Crippen LogP contribution in [0.4, 0.5) is 15.8 Å². The summed E-state index contributed by atoms with van der Waals surface area (Å²) in [5.74, 6) is -3.19. The fourth-order valence-corrected chi connectivity index (χ4v) is 7.15. The number of carbonyl (C=O) groups excluding carboxylic acids is 5. The highest BCUT2D eigenvalue weighted by Gasteiger charge is 2.33. The van der Waals surface area contributed by atoms with Crippen LogP contribution in [0.1, 0.15) is 83.5 Å². The Balaban J connectivity index is 1.21. The number of carboxylic acids is 1. The zero-order chi connectivity index (χ0) is 44.9. The van der Waals surface area contributed by atoms with Crippen LogP contribution >= 0.6 is 0 Å². The third kappa shape index (κ3) is 12.2. The van der Waals surface area contributed by atoms with E-state index in [1.807, 2.05) is 0 Å². The second kappa shape index (κ2) is 21.6. The molecule has 5 rings (SSSR count). The lowest BCUT2D eigenvalue weighted by molar-refractivity contribution is -0.137. The Morgan fingerprint density at radius 2 is 1.58 bits per heavy atom. The van der Waals surface area contributed by atoms with Gasteiger partial charge in [0, 0.05) is 61.5 Å². The van der Waals surface area contributed by atoms with Crippen molar-refractivity contribution in [1.82, 2.24) is 25.8 Å². The fourth-order valence-electron chi connectivity index (χ4n) is 7.15. The molecule has 1 aromatic heterocycles. The van der Waals surface area contributed by atoms with E-state index in [1.54, 1.807) is 81.6 Å². The van der Waals surface area contributed by atoms with Gasteiger partial charge in [0.15, 0.2) is 0 Å². The number of hydrogen-bond acceptors (Lipinski definition) is 8. The summed E-state index contributed by atoms with van der Waals surface area (Å²) in [4.78, 5) is 84.1. The van der Waals surface area contributed by atoms with Gasteiger partial charge in [0.05, 0.1) is 30.5 Å². The number of H-pyrrole nitrogens is 1. The monoisotopic (exact) mass is 851 g/mol. The van der Waals surface area contributed by atoms with Gasteiger partial charge in [-0.2, -0.15) is 0 Å². The molecule has 1 atom stereocenters. The molecule has 2 heterocycles. The molecule has 15 nitrogen and oxygen atoms in total. The number of carboxylic acid groups (broad SMARTS) is 1. The molecule has 1 unspecified atom stereocenters. The maximum atomic E-state index is 14.6. The number of halogens is 1. The first-order valence-electron chi connectivity index (χ1n) is 20.5. The summed E-state index contributed by atoms with van der Waals surface area (Å²) in [6.07, 6.45) is 0.709. The van der Waals surface area contributed by atoms with Crippen LogP contribution in [0.5, 0.6) is 5.75 Å². The maximum absolute atomic E-state index is 14.6. The number of anilines is 2. The standard InChI is InChI=1S/C46H54FN7O8/c1-6-53(7-2)23-22-48-45(60)43-28(3)38(50-29(43)4)25-36-35-24-32(47)12-18-39(35)54(46(36)61)27-31-8-13-33(14-9-31)51-44(59)37(17-21-42(57)58)52-41(56)20-19-40(55)49-26-30-10-15-34(62-5)16-11-30/h8-16,18,24-25,37,50H,6-7,17,19-23,26-27H2,1-5H3,(H,48,60)(H,49,55)(H,51,59)(H,52,56)(H,57,58)/b36-25-. The molecule has 328 valence electrons. The number of hydrogen-bond donors (Lipinski definition) is 6. The molecular weight excluding hydrogens is 798 g/mol. The minimum Gasteiger partial charge on any atom is -0.497 e. The minimum absolute atomic E-state index is 0.108. The third-order valence-corrected chi connectivity index (χ3v) is 10.7. The predicted molar refractivity (Wildman–Crippen MR) is 234 cm³/mol.